The number of fused-ring (bicyclic) bond motifs is 1. The summed E-state index contributed by atoms with van der Waals surface area (Å²) in [5.74, 6) is 0.561. The van der Waals surface area contributed by atoms with Crippen molar-refractivity contribution in [1.29, 1.82) is 0 Å². The van der Waals surface area contributed by atoms with Crippen LogP contribution in [0.25, 0.3) is 16.9 Å². The van der Waals surface area contributed by atoms with Gasteiger partial charge in [0.2, 0.25) is 5.95 Å². The van der Waals surface area contributed by atoms with Crippen molar-refractivity contribution in [3.8, 4) is 5.69 Å². The number of nitrogens with zero attached hydrogens (tertiary/aromatic N) is 4. The molecule has 0 atom stereocenters. The number of hydrogen-bond donors (Lipinski definition) is 1. The number of hydrogen-bond acceptors (Lipinski definition) is 6. The summed E-state index contributed by atoms with van der Waals surface area (Å²) in [7, 11) is 0. The van der Waals surface area contributed by atoms with E-state index in [0.717, 1.165) is 18.8 Å². The van der Waals surface area contributed by atoms with E-state index in [1.807, 2.05) is 21.7 Å². The first-order chi connectivity index (χ1) is 10.3. The molecule has 0 aliphatic carbocycles. The van der Waals surface area contributed by atoms with E-state index in [1.165, 1.54) is 0 Å². The molecule has 0 amide bonds. The van der Waals surface area contributed by atoms with Crippen LogP contribution in [-0.4, -0.2) is 45.8 Å². The summed E-state index contributed by atoms with van der Waals surface area (Å²) in [6, 6.07) is 1.95. The Morgan fingerprint density at radius 1 is 1.33 bits per heavy atom. The molecular weight excluding hydrogens is 290 g/mol. The number of thiophene rings is 1. The van der Waals surface area contributed by atoms with Gasteiger partial charge in [-0.15, -0.1) is 0 Å². The van der Waals surface area contributed by atoms with E-state index in [4.69, 9.17) is 4.74 Å². The van der Waals surface area contributed by atoms with E-state index < -0.39 is 0 Å². The van der Waals surface area contributed by atoms with Crippen LogP contribution in [0.1, 0.15) is 0 Å². The highest BCUT2D eigenvalue weighted by molar-refractivity contribution is 7.08. The zero-order valence-electron chi connectivity index (χ0n) is 11.2. The molecule has 0 radical (unpaired) electrons. The molecule has 1 N–H and O–H groups in total. The zero-order chi connectivity index (χ0) is 14.2. The minimum atomic E-state index is -0.176. The van der Waals surface area contributed by atoms with Crippen molar-refractivity contribution in [2.45, 2.75) is 0 Å². The van der Waals surface area contributed by atoms with Crippen LogP contribution in [0.2, 0.25) is 0 Å². The molecule has 0 bridgehead atoms. The third-order valence-electron chi connectivity index (χ3n) is 3.50. The van der Waals surface area contributed by atoms with Gasteiger partial charge in [-0.2, -0.15) is 16.3 Å². The van der Waals surface area contributed by atoms with Crippen molar-refractivity contribution in [2.24, 2.45) is 0 Å². The van der Waals surface area contributed by atoms with E-state index in [1.54, 1.807) is 22.2 Å². The van der Waals surface area contributed by atoms with Crippen LogP contribution in [0.3, 0.4) is 0 Å². The van der Waals surface area contributed by atoms with E-state index in [0.29, 0.717) is 30.3 Å². The van der Waals surface area contributed by atoms with Crippen LogP contribution < -0.4 is 10.5 Å². The molecule has 7 nitrogen and oxygen atoms in total. The molecule has 4 rings (SSSR count). The molecule has 1 saturated heterocycles. The summed E-state index contributed by atoms with van der Waals surface area (Å²) in [6.07, 6.45) is 1.64. The highest BCUT2D eigenvalue weighted by atomic mass is 32.1. The van der Waals surface area contributed by atoms with Gasteiger partial charge >= 0.3 is 0 Å². The average molecular weight is 303 g/mol. The highest BCUT2D eigenvalue weighted by Gasteiger charge is 2.17. The molecule has 3 aromatic heterocycles. The Kier molecular flexibility index (Phi) is 2.97. The lowest BCUT2D eigenvalue weighted by atomic mass is 10.4. The number of imidazole rings is 1. The first-order valence-electron chi connectivity index (χ1n) is 6.65. The van der Waals surface area contributed by atoms with Gasteiger partial charge in [0.1, 0.15) is 6.33 Å². The second-order valence-electron chi connectivity index (χ2n) is 4.76. The maximum absolute atomic E-state index is 12.4. The topological polar surface area (TPSA) is 76.0 Å². The predicted molar refractivity (Wildman–Crippen MR) is 80.4 cm³/mol. The zero-order valence-corrected chi connectivity index (χ0v) is 12.0. The molecule has 8 heteroatoms. The van der Waals surface area contributed by atoms with Crippen LogP contribution in [0.15, 0.2) is 27.9 Å². The third kappa shape index (κ3) is 2.12. The van der Waals surface area contributed by atoms with Gasteiger partial charge in [-0.05, 0) is 11.4 Å². The summed E-state index contributed by atoms with van der Waals surface area (Å²) in [5, 5.41) is 3.93. The fourth-order valence-electron chi connectivity index (χ4n) is 2.44. The maximum atomic E-state index is 12.4. The minimum absolute atomic E-state index is 0.176. The van der Waals surface area contributed by atoms with Gasteiger partial charge in [0, 0.05) is 18.5 Å². The normalized spacial score (nSPS) is 15.7. The first-order valence-corrected chi connectivity index (χ1v) is 7.60. The second kappa shape index (κ2) is 4.97. The molecule has 21 heavy (non-hydrogen) atoms. The van der Waals surface area contributed by atoms with Crippen molar-refractivity contribution in [2.75, 3.05) is 31.2 Å². The van der Waals surface area contributed by atoms with E-state index in [9.17, 15) is 4.79 Å². The van der Waals surface area contributed by atoms with Gasteiger partial charge in [-0.1, -0.05) is 0 Å². The Labute approximate surface area is 123 Å². The van der Waals surface area contributed by atoms with Crippen molar-refractivity contribution >= 4 is 28.4 Å². The van der Waals surface area contributed by atoms with Gasteiger partial charge in [-0.3, -0.25) is 14.3 Å². The Morgan fingerprint density at radius 3 is 2.95 bits per heavy atom. The standard InChI is InChI=1S/C13H13N5O2S/c19-12-10-11(14-8-18(10)9-1-6-21-7-9)15-13(16-12)17-2-4-20-5-3-17/h1,6-8H,2-5H2,(H,15,16,19). The second-order valence-corrected chi connectivity index (χ2v) is 5.54. The maximum Gasteiger partial charge on any atom is 0.278 e. The van der Waals surface area contributed by atoms with Crippen LogP contribution >= 0.6 is 11.3 Å². The molecule has 3 aromatic rings. The predicted octanol–water partition coefficient (Wildman–Crippen LogP) is 1.01. The largest absolute Gasteiger partial charge is 0.378 e. The highest BCUT2D eigenvalue weighted by Crippen LogP contribution is 2.18. The Morgan fingerprint density at radius 2 is 2.19 bits per heavy atom. The minimum Gasteiger partial charge on any atom is -0.378 e. The summed E-state index contributed by atoms with van der Waals surface area (Å²) in [6.45, 7) is 2.73. The van der Waals surface area contributed by atoms with Gasteiger partial charge < -0.3 is 9.64 Å². The number of nitrogens with one attached hydrogen (secondary N) is 1. The van der Waals surface area contributed by atoms with Gasteiger partial charge in [0.15, 0.2) is 11.2 Å². The van der Waals surface area contributed by atoms with Gasteiger partial charge in [0.05, 0.1) is 18.9 Å². The van der Waals surface area contributed by atoms with Crippen molar-refractivity contribution in [3.63, 3.8) is 0 Å². The van der Waals surface area contributed by atoms with Crippen LogP contribution in [-0.2, 0) is 4.74 Å². The number of aromatic nitrogens is 4. The molecule has 0 aromatic carbocycles. The first kappa shape index (κ1) is 12.5. The summed E-state index contributed by atoms with van der Waals surface area (Å²) in [5.41, 5.74) is 1.69. The molecular formula is C13H13N5O2S. The summed E-state index contributed by atoms with van der Waals surface area (Å²) < 4.78 is 7.08. The molecule has 108 valence electrons. The molecule has 0 spiro atoms. The van der Waals surface area contributed by atoms with E-state index in [-0.39, 0.29) is 5.56 Å². The van der Waals surface area contributed by atoms with E-state index in [2.05, 4.69) is 15.0 Å². The van der Waals surface area contributed by atoms with Crippen LogP contribution in [0, 0.1) is 0 Å². The number of anilines is 1. The summed E-state index contributed by atoms with van der Waals surface area (Å²) >= 11 is 1.57. The molecule has 1 aliphatic heterocycles. The van der Waals surface area contributed by atoms with Gasteiger partial charge in [0.25, 0.3) is 5.56 Å². The Balaban J connectivity index is 1.83. The average Bonchev–Trinajstić information content (AvgIpc) is 3.17. The molecule has 0 saturated carbocycles. The van der Waals surface area contributed by atoms with Gasteiger partial charge in [-0.25, -0.2) is 4.98 Å². The molecule has 4 heterocycles. The number of rotatable bonds is 2. The quantitative estimate of drug-likeness (QED) is 0.764. The fourth-order valence-corrected chi connectivity index (χ4v) is 3.06. The van der Waals surface area contributed by atoms with Crippen LogP contribution in [0.4, 0.5) is 5.95 Å². The SMILES string of the molecule is O=c1[nH]c(N2CCOCC2)nc2ncn(-c3ccsc3)c12. The van der Waals surface area contributed by atoms with Crippen molar-refractivity contribution in [3.05, 3.63) is 33.5 Å². The van der Waals surface area contributed by atoms with Crippen molar-refractivity contribution in [1.82, 2.24) is 19.5 Å². The monoisotopic (exact) mass is 303 g/mol. The lowest BCUT2D eigenvalue weighted by Crippen LogP contribution is -2.38. The number of H-pyrrole nitrogens is 1. The molecule has 0 unspecified atom stereocenters. The lowest BCUT2D eigenvalue weighted by molar-refractivity contribution is 0.122. The smallest absolute Gasteiger partial charge is 0.278 e. The Hall–Kier alpha value is -2.19. The third-order valence-corrected chi connectivity index (χ3v) is 4.17. The molecule has 1 fully saturated rings. The number of aromatic amines is 1. The fraction of sp³-hybridized carbons (Fsp3) is 0.308. The number of morpholine rings is 1. The lowest BCUT2D eigenvalue weighted by Gasteiger charge is -2.26. The Bertz CT molecular complexity index is 817. The van der Waals surface area contributed by atoms with E-state index >= 15 is 0 Å². The van der Waals surface area contributed by atoms with Crippen molar-refractivity contribution < 1.29 is 4.74 Å². The van der Waals surface area contributed by atoms with Crippen LogP contribution in [0.5, 0.6) is 0 Å². The number of ether oxygens (including phenoxy) is 1. The molecule has 1 aliphatic rings. The summed E-state index contributed by atoms with van der Waals surface area (Å²) in [4.78, 5) is 26.0.